The van der Waals surface area contributed by atoms with Gasteiger partial charge in [0.15, 0.2) is 0 Å². The molecule has 1 unspecified atom stereocenters. The van der Waals surface area contributed by atoms with Crippen molar-refractivity contribution < 1.29 is 0 Å². The molecule has 4 heterocycles. The number of hydrogen-bond donors (Lipinski definition) is 1. The van der Waals surface area contributed by atoms with Crippen LogP contribution < -0.4 is 4.90 Å². The third-order valence-corrected chi connectivity index (χ3v) is 4.51. The second-order valence-electron chi connectivity index (χ2n) is 5.87. The molecule has 0 spiro atoms. The number of nitrogens with zero attached hydrogens (tertiary/aromatic N) is 6. The van der Waals surface area contributed by atoms with Crippen molar-refractivity contribution in [1.29, 1.82) is 5.26 Å². The van der Waals surface area contributed by atoms with E-state index in [1.165, 1.54) is 0 Å². The summed E-state index contributed by atoms with van der Waals surface area (Å²) in [5, 5.41) is 9.86. The second-order valence-corrected chi connectivity index (χ2v) is 5.87. The predicted octanol–water partition coefficient (Wildman–Crippen LogP) is 1.67. The summed E-state index contributed by atoms with van der Waals surface area (Å²) in [6, 6.07) is 4.51. The molecule has 0 saturated carbocycles. The van der Waals surface area contributed by atoms with Crippen molar-refractivity contribution in [3.63, 3.8) is 0 Å². The van der Waals surface area contributed by atoms with Gasteiger partial charge in [0.1, 0.15) is 23.6 Å². The Bertz CT molecular complexity index is 885. The highest BCUT2D eigenvalue weighted by Crippen LogP contribution is 2.27. The van der Waals surface area contributed by atoms with Crippen molar-refractivity contribution in [1.82, 2.24) is 24.5 Å². The third-order valence-electron chi connectivity index (χ3n) is 4.51. The summed E-state index contributed by atoms with van der Waals surface area (Å²) in [7, 11) is 2.08. The van der Waals surface area contributed by atoms with E-state index in [1.807, 2.05) is 18.5 Å². The van der Waals surface area contributed by atoms with Gasteiger partial charge in [0.2, 0.25) is 0 Å². The molecule has 116 valence electrons. The van der Waals surface area contributed by atoms with Gasteiger partial charge in [-0.05, 0) is 12.5 Å². The van der Waals surface area contributed by atoms with Crippen molar-refractivity contribution in [2.45, 2.75) is 31.8 Å². The Hall–Kier alpha value is -2.88. The first-order valence-corrected chi connectivity index (χ1v) is 7.69. The SMILES string of the molecule is CN(c1ncnc2[nH]ccc12)C1CCn2cc(CC#N)nc2C1. The second kappa shape index (κ2) is 5.39. The molecule has 7 nitrogen and oxygen atoms in total. The van der Waals surface area contributed by atoms with Crippen LogP contribution in [0.25, 0.3) is 11.0 Å². The number of nitriles is 1. The van der Waals surface area contributed by atoms with Gasteiger partial charge in [0, 0.05) is 38.4 Å². The van der Waals surface area contributed by atoms with Crippen molar-refractivity contribution in [3.05, 3.63) is 36.3 Å². The predicted molar refractivity (Wildman–Crippen MR) is 85.9 cm³/mol. The number of anilines is 1. The summed E-state index contributed by atoms with van der Waals surface area (Å²) in [4.78, 5) is 18.7. The number of nitrogens with one attached hydrogen (secondary N) is 1. The molecule has 23 heavy (non-hydrogen) atoms. The Kier molecular flexibility index (Phi) is 3.23. The van der Waals surface area contributed by atoms with Crippen LogP contribution in [-0.2, 0) is 19.4 Å². The summed E-state index contributed by atoms with van der Waals surface area (Å²) < 4.78 is 2.17. The minimum atomic E-state index is 0.341. The standard InChI is InChI=1S/C16H17N7/c1-22(16-13-3-6-18-15(13)19-10-20-16)12-4-7-23-9-11(2-5-17)21-14(23)8-12/h3,6,9-10,12H,2,4,7-8H2,1H3,(H,18,19,20). The van der Waals surface area contributed by atoms with E-state index in [0.717, 1.165) is 47.8 Å². The maximum absolute atomic E-state index is 8.83. The zero-order valence-electron chi connectivity index (χ0n) is 12.9. The first-order chi connectivity index (χ1) is 11.3. The van der Waals surface area contributed by atoms with E-state index in [-0.39, 0.29) is 0 Å². The molecular formula is C16H17N7. The van der Waals surface area contributed by atoms with Crippen LogP contribution in [0.4, 0.5) is 5.82 Å². The van der Waals surface area contributed by atoms with Gasteiger partial charge in [-0.15, -0.1) is 0 Å². The molecule has 0 radical (unpaired) electrons. The van der Waals surface area contributed by atoms with Gasteiger partial charge >= 0.3 is 0 Å². The lowest BCUT2D eigenvalue weighted by Crippen LogP contribution is -2.38. The molecular weight excluding hydrogens is 290 g/mol. The van der Waals surface area contributed by atoms with Crippen LogP contribution in [0.2, 0.25) is 0 Å². The molecule has 4 rings (SSSR count). The third kappa shape index (κ3) is 2.32. The van der Waals surface area contributed by atoms with E-state index in [2.05, 4.69) is 42.5 Å². The lowest BCUT2D eigenvalue weighted by atomic mass is 10.0. The molecule has 0 aliphatic carbocycles. The van der Waals surface area contributed by atoms with Crippen molar-refractivity contribution in [3.8, 4) is 6.07 Å². The van der Waals surface area contributed by atoms with Crippen molar-refractivity contribution >= 4 is 16.9 Å². The fraction of sp³-hybridized carbons (Fsp3) is 0.375. The monoisotopic (exact) mass is 307 g/mol. The van der Waals surface area contributed by atoms with Gasteiger partial charge in [-0.3, -0.25) is 0 Å². The lowest BCUT2D eigenvalue weighted by molar-refractivity contribution is 0.448. The van der Waals surface area contributed by atoms with Crippen LogP contribution in [0.15, 0.2) is 24.8 Å². The maximum Gasteiger partial charge on any atom is 0.142 e. The Morgan fingerprint density at radius 3 is 3.26 bits per heavy atom. The number of rotatable bonds is 3. The largest absolute Gasteiger partial charge is 0.356 e. The zero-order valence-corrected chi connectivity index (χ0v) is 12.9. The minimum Gasteiger partial charge on any atom is -0.356 e. The quantitative estimate of drug-likeness (QED) is 0.795. The molecule has 1 atom stereocenters. The van der Waals surface area contributed by atoms with Gasteiger partial charge < -0.3 is 14.5 Å². The van der Waals surface area contributed by atoms with E-state index in [4.69, 9.17) is 5.26 Å². The number of hydrogen-bond acceptors (Lipinski definition) is 5. The average molecular weight is 307 g/mol. The molecule has 1 aliphatic rings. The zero-order chi connectivity index (χ0) is 15.8. The summed E-state index contributed by atoms with van der Waals surface area (Å²) in [6.07, 6.45) is 7.75. The van der Waals surface area contributed by atoms with E-state index in [1.54, 1.807) is 6.33 Å². The van der Waals surface area contributed by atoms with E-state index in [9.17, 15) is 0 Å². The van der Waals surface area contributed by atoms with Gasteiger partial charge in [-0.2, -0.15) is 5.26 Å². The molecule has 0 saturated heterocycles. The molecule has 3 aromatic rings. The maximum atomic E-state index is 8.83. The van der Waals surface area contributed by atoms with Crippen LogP contribution in [0.5, 0.6) is 0 Å². The first kappa shape index (κ1) is 13.8. The Labute approximate surface area is 133 Å². The Morgan fingerprint density at radius 2 is 2.39 bits per heavy atom. The number of H-pyrrole nitrogens is 1. The van der Waals surface area contributed by atoms with Gasteiger partial charge in [0.25, 0.3) is 0 Å². The lowest BCUT2D eigenvalue weighted by Gasteiger charge is -2.32. The number of likely N-dealkylation sites (N-methyl/N-ethyl adjacent to an activating group) is 1. The fourth-order valence-electron chi connectivity index (χ4n) is 3.28. The highest BCUT2D eigenvalue weighted by Gasteiger charge is 2.25. The van der Waals surface area contributed by atoms with E-state index >= 15 is 0 Å². The van der Waals surface area contributed by atoms with Gasteiger partial charge in [-0.25, -0.2) is 15.0 Å². The van der Waals surface area contributed by atoms with Crippen molar-refractivity contribution in [2.24, 2.45) is 0 Å². The molecule has 0 amide bonds. The van der Waals surface area contributed by atoms with Crippen LogP contribution >= 0.6 is 0 Å². The van der Waals surface area contributed by atoms with Gasteiger partial charge in [-0.1, -0.05) is 0 Å². The summed E-state index contributed by atoms with van der Waals surface area (Å²) >= 11 is 0. The average Bonchev–Trinajstić information content (AvgIpc) is 3.19. The number of aryl methyl sites for hydroxylation is 1. The first-order valence-electron chi connectivity index (χ1n) is 7.69. The summed E-state index contributed by atoms with van der Waals surface area (Å²) in [5.41, 5.74) is 1.72. The van der Waals surface area contributed by atoms with Crippen LogP contribution in [0, 0.1) is 11.3 Å². The van der Waals surface area contributed by atoms with Crippen LogP contribution in [0.1, 0.15) is 17.9 Å². The van der Waals surface area contributed by atoms with Crippen LogP contribution in [0.3, 0.4) is 0 Å². The Balaban J connectivity index is 1.61. The molecule has 1 aliphatic heterocycles. The number of aromatic nitrogens is 5. The number of fused-ring (bicyclic) bond motifs is 2. The van der Waals surface area contributed by atoms with Gasteiger partial charge in [0.05, 0.1) is 23.6 Å². The smallest absolute Gasteiger partial charge is 0.142 e. The number of imidazole rings is 1. The topological polar surface area (TPSA) is 86.4 Å². The van der Waals surface area contributed by atoms with Crippen LogP contribution in [-0.4, -0.2) is 37.6 Å². The van der Waals surface area contributed by atoms with E-state index in [0.29, 0.717) is 12.5 Å². The molecule has 3 aromatic heterocycles. The molecule has 0 bridgehead atoms. The molecule has 0 aromatic carbocycles. The molecule has 1 N–H and O–H groups in total. The highest BCUT2D eigenvalue weighted by molar-refractivity contribution is 5.87. The molecule has 7 heteroatoms. The highest BCUT2D eigenvalue weighted by atomic mass is 15.2. The fourth-order valence-corrected chi connectivity index (χ4v) is 3.28. The van der Waals surface area contributed by atoms with Crippen molar-refractivity contribution in [2.75, 3.05) is 11.9 Å². The Morgan fingerprint density at radius 1 is 1.48 bits per heavy atom. The number of aromatic amines is 1. The summed E-state index contributed by atoms with van der Waals surface area (Å²) in [6.45, 7) is 0.921. The molecule has 0 fully saturated rings. The minimum absolute atomic E-state index is 0.341. The van der Waals surface area contributed by atoms with E-state index < -0.39 is 0 Å². The summed E-state index contributed by atoms with van der Waals surface area (Å²) in [5.74, 6) is 2.00. The normalized spacial score (nSPS) is 17.0.